The minimum atomic E-state index is -0.670. The third-order valence-electron chi connectivity index (χ3n) is 5.69. The Morgan fingerprint density at radius 2 is 2.07 bits per heavy atom. The number of hydrogen-bond acceptors (Lipinski definition) is 7. The molecule has 1 aliphatic carbocycles. The number of fused-ring (bicyclic) bond motifs is 1. The van der Waals surface area contributed by atoms with Crippen LogP contribution in [-0.2, 0) is 6.54 Å². The minimum Gasteiger partial charge on any atom is -0.327 e. The third-order valence-corrected chi connectivity index (χ3v) is 5.90. The number of hydrogen-bond donors (Lipinski definition) is 1. The molecule has 0 saturated heterocycles. The monoisotopic (exact) mass is 425 g/mol. The van der Waals surface area contributed by atoms with E-state index >= 15 is 0 Å². The summed E-state index contributed by atoms with van der Waals surface area (Å²) < 4.78 is 6.72. The molecule has 10 heteroatoms. The molecule has 0 bridgehead atoms. The second kappa shape index (κ2) is 7.64. The zero-order chi connectivity index (χ0) is 20.7. The summed E-state index contributed by atoms with van der Waals surface area (Å²) >= 11 is 6.19. The Morgan fingerprint density at radius 1 is 1.23 bits per heavy atom. The van der Waals surface area contributed by atoms with Gasteiger partial charge in [0.2, 0.25) is 11.6 Å². The highest BCUT2D eigenvalue weighted by atomic mass is 35.5. The van der Waals surface area contributed by atoms with Gasteiger partial charge in [0.05, 0.1) is 11.3 Å². The van der Waals surface area contributed by atoms with E-state index in [9.17, 15) is 4.79 Å². The molecule has 1 N–H and O–H groups in total. The van der Waals surface area contributed by atoms with E-state index < -0.39 is 5.76 Å². The van der Waals surface area contributed by atoms with Gasteiger partial charge in [0.15, 0.2) is 5.65 Å². The van der Waals surface area contributed by atoms with Crippen molar-refractivity contribution >= 4 is 22.8 Å². The average molecular weight is 426 g/mol. The largest absolute Gasteiger partial charge is 0.439 e. The predicted octanol–water partition coefficient (Wildman–Crippen LogP) is 3.71. The molecule has 0 radical (unpaired) electrons. The van der Waals surface area contributed by atoms with Crippen molar-refractivity contribution in [3.05, 3.63) is 40.4 Å². The van der Waals surface area contributed by atoms with E-state index in [1.54, 1.807) is 24.8 Å². The van der Waals surface area contributed by atoms with Crippen molar-refractivity contribution in [2.75, 3.05) is 0 Å². The highest BCUT2D eigenvalue weighted by Gasteiger charge is 2.22. The van der Waals surface area contributed by atoms with Gasteiger partial charge in [-0.2, -0.15) is 0 Å². The lowest BCUT2D eigenvalue weighted by molar-refractivity contribution is 0.266. The van der Waals surface area contributed by atoms with Gasteiger partial charge in [0, 0.05) is 24.5 Å². The van der Waals surface area contributed by atoms with Crippen molar-refractivity contribution in [3.8, 4) is 22.9 Å². The first kappa shape index (κ1) is 18.9. The summed E-state index contributed by atoms with van der Waals surface area (Å²) in [4.78, 5) is 31.8. The van der Waals surface area contributed by atoms with Crippen LogP contribution in [0.5, 0.6) is 0 Å². The fourth-order valence-corrected chi connectivity index (χ4v) is 4.26. The minimum absolute atomic E-state index is 0.147. The van der Waals surface area contributed by atoms with Crippen LogP contribution >= 0.6 is 11.6 Å². The molecule has 0 aliphatic heterocycles. The van der Waals surface area contributed by atoms with Gasteiger partial charge in [-0.1, -0.05) is 36.5 Å². The Hall–Kier alpha value is -3.07. The smallest absolute Gasteiger partial charge is 0.327 e. The molecule has 0 aromatic carbocycles. The lowest BCUT2D eigenvalue weighted by atomic mass is 9.83. The molecule has 154 valence electrons. The number of rotatable bonds is 4. The summed E-state index contributed by atoms with van der Waals surface area (Å²) in [6.07, 6.45) is 9.98. The van der Waals surface area contributed by atoms with Crippen LogP contribution in [0.4, 0.5) is 0 Å². The maximum Gasteiger partial charge on any atom is 0.439 e. The van der Waals surface area contributed by atoms with Gasteiger partial charge >= 0.3 is 5.76 Å². The van der Waals surface area contributed by atoms with Crippen LogP contribution in [0.25, 0.3) is 34.1 Å². The second-order valence-corrected chi connectivity index (χ2v) is 8.36. The molecular formula is C20H20ClN7O2. The molecule has 4 aromatic rings. The van der Waals surface area contributed by atoms with Crippen LogP contribution in [0, 0.1) is 11.8 Å². The summed E-state index contributed by atoms with van der Waals surface area (Å²) in [5.41, 5.74) is 2.70. The molecule has 1 saturated carbocycles. The van der Waals surface area contributed by atoms with Crippen molar-refractivity contribution in [2.45, 2.75) is 39.2 Å². The highest BCUT2D eigenvalue weighted by Crippen LogP contribution is 2.33. The van der Waals surface area contributed by atoms with Crippen LogP contribution < -0.4 is 5.76 Å². The van der Waals surface area contributed by atoms with Crippen LogP contribution in [0.1, 0.15) is 32.6 Å². The van der Waals surface area contributed by atoms with Crippen LogP contribution in [0.15, 0.2) is 34.1 Å². The lowest BCUT2D eigenvalue weighted by Gasteiger charge is -2.26. The van der Waals surface area contributed by atoms with Crippen LogP contribution in [0.2, 0.25) is 5.02 Å². The van der Waals surface area contributed by atoms with E-state index in [-0.39, 0.29) is 11.6 Å². The standard InChI is InChI=1S/C20H20ClN7O2/c1-11-2-4-12(5-3-11)9-28-10-23-17-16(28)15(13-6-14(21)8-22-7-13)24-18(25-17)19-26-20(29)30-27-19/h6-8,10-12H,2-5,9H2,1H3,(H,26,27,29). The SMILES string of the molecule is CC1CCC(Cn2cnc3nc(-c4noc(=O)[nH]4)nc(-c4cncc(Cl)c4)c32)CC1. The van der Waals surface area contributed by atoms with Crippen molar-refractivity contribution in [1.29, 1.82) is 0 Å². The maximum atomic E-state index is 11.4. The number of nitrogens with one attached hydrogen (secondary N) is 1. The molecule has 0 atom stereocenters. The molecule has 5 rings (SSSR count). The fraction of sp³-hybridized carbons (Fsp3) is 0.400. The van der Waals surface area contributed by atoms with Gasteiger partial charge in [0.1, 0.15) is 11.2 Å². The molecule has 1 fully saturated rings. The summed E-state index contributed by atoms with van der Waals surface area (Å²) in [5.74, 6) is 1.09. The van der Waals surface area contributed by atoms with E-state index in [0.29, 0.717) is 22.3 Å². The number of aromatic nitrogens is 7. The maximum absolute atomic E-state index is 11.4. The zero-order valence-electron chi connectivity index (χ0n) is 16.4. The summed E-state index contributed by atoms with van der Waals surface area (Å²) in [6, 6.07) is 1.80. The molecule has 0 unspecified atom stereocenters. The van der Waals surface area contributed by atoms with Crippen LogP contribution in [-0.4, -0.2) is 34.6 Å². The first-order chi connectivity index (χ1) is 14.6. The Morgan fingerprint density at radius 3 is 2.80 bits per heavy atom. The quantitative estimate of drug-likeness (QED) is 0.529. The number of imidazole rings is 1. The third kappa shape index (κ3) is 3.60. The first-order valence-electron chi connectivity index (χ1n) is 9.97. The van der Waals surface area contributed by atoms with Crippen molar-refractivity contribution < 1.29 is 4.52 Å². The van der Waals surface area contributed by atoms with Gasteiger partial charge in [-0.05, 0) is 30.7 Å². The zero-order valence-corrected chi connectivity index (χ0v) is 17.1. The summed E-state index contributed by atoms with van der Waals surface area (Å²) in [7, 11) is 0. The van der Waals surface area contributed by atoms with Gasteiger partial charge in [0.25, 0.3) is 0 Å². The molecule has 30 heavy (non-hydrogen) atoms. The van der Waals surface area contributed by atoms with Gasteiger partial charge in [-0.3, -0.25) is 14.5 Å². The number of pyridine rings is 1. The number of aromatic amines is 1. The second-order valence-electron chi connectivity index (χ2n) is 7.93. The van der Waals surface area contributed by atoms with Gasteiger partial charge in [-0.15, -0.1) is 0 Å². The Bertz CT molecular complexity index is 1250. The van der Waals surface area contributed by atoms with Crippen molar-refractivity contribution in [1.82, 2.24) is 34.6 Å². The number of nitrogens with zero attached hydrogens (tertiary/aromatic N) is 6. The van der Waals surface area contributed by atoms with E-state index in [1.165, 1.54) is 25.7 Å². The molecule has 1 aliphatic rings. The molecule has 0 spiro atoms. The Balaban J connectivity index is 1.64. The molecule has 0 amide bonds. The van der Waals surface area contributed by atoms with E-state index in [1.807, 2.05) is 0 Å². The van der Waals surface area contributed by atoms with Crippen molar-refractivity contribution in [3.63, 3.8) is 0 Å². The normalized spacial score (nSPS) is 19.4. The fourth-order valence-electron chi connectivity index (χ4n) is 4.08. The van der Waals surface area contributed by atoms with Crippen molar-refractivity contribution in [2.24, 2.45) is 11.8 Å². The van der Waals surface area contributed by atoms with Gasteiger partial charge < -0.3 is 4.57 Å². The van der Waals surface area contributed by atoms with E-state index in [4.69, 9.17) is 11.6 Å². The molecule has 9 nitrogen and oxygen atoms in total. The Labute approximate surface area is 176 Å². The van der Waals surface area contributed by atoms with E-state index in [0.717, 1.165) is 23.5 Å². The summed E-state index contributed by atoms with van der Waals surface area (Å²) in [6.45, 7) is 3.17. The topological polar surface area (TPSA) is 115 Å². The highest BCUT2D eigenvalue weighted by molar-refractivity contribution is 6.30. The lowest BCUT2D eigenvalue weighted by Crippen LogP contribution is -2.17. The average Bonchev–Trinajstić information content (AvgIpc) is 3.35. The molecule has 4 aromatic heterocycles. The Kier molecular flexibility index (Phi) is 4.82. The first-order valence-corrected chi connectivity index (χ1v) is 10.3. The number of halogens is 1. The number of H-pyrrole nitrogens is 1. The van der Waals surface area contributed by atoms with Crippen LogP contribution in [0.3, 0.4) is 0 Å². The summed E-state index contributed by atoms with van der Waals surface area (Å²) in [5, 5.41) is 4.21. The van der Waals surface area contributed by atoms with E-state index in [2.05, 4.69) is 46.1 Å². The predicted molar refractivity (Wildman–Crippen MR) is 111 cm³/mol. The molecular weight excluding hydrogens is 406 g/mol. The van der Waals surface area contributed by atoms with Gasteiger partial charge in [-0.25, -0.2) is 19.7 Å². The molecule has 4 heterocycles.